The predicted molar refractivity (Wildman–Crippen MR) is 133 cm³/mol. The number of carbonyl (C=O) groups is 2. The minimum absolute atomic E-state index is 0.0997. The van der Waals surface area contributed by atoms with Gasteiger partial charge in [0, 0.05) is 44.5 Å². The van der Waals surface area contributed by atoms with E-state index in [4.69, 9.17) is 0 Å². The standard InChI is InChI=1S/C27H37N5O2/c33-26-28-23-8-2-4-10-25(23)32(26)22-13-16-29(17-14-22)21-11-18-30(19-12-21)27(34)31-15-5-7-20-6-1-3-9-24(20)31/h1,3,5-6,9,15,21-23,25H,2,4,7-8,10-14,16-19H2,(H,28,33)/t23-,25-/m0/s1. The molecule has 4 fully saturated rings. The van der Waals surface area contributed by atoms with Gasteiger partial charge in [-0.2, -0.15) is 0 Å². The van der Waals surface area contributed by atoms with E-state index in [0.29, 0.717) is 24.2 Å². The number of amides is 4. The Kier molecular flexibility index (Phi) is 5.97. The minimum atomic E-state index is 0.0997. The molecule has 0 spiro atoms. The first kappa shape index (κ1) is 22.0. The van der Waals surface area contributed by atoms with Crippen molar-refractivity contribution in [3.8, 4) is 0 Å². The van der Waals surface area contributed by atoms with Gasteiger partial charge in [-0.25, -0.2) is 9.59 Å². The van der Waals surface area contributed by atoms with Gasteiger partial charge in [-0.05, 0) is 56.6 Å². The van der Waals surface area contributed by atoms with Crippen LogP contribution < -0.4 is 10.2 Å². The van der Waals surface area contributed by atoms with E-state index >= 15 is 0 Å². The molecular formula is C27H37N5O2. The zero-order valence-corrected chi connectivity index (χ0v) is 20.1. The normalized spacial score (nSPS) is 28.6. The molecule has 1 aliphatic carbocycles. The first-order chi connectivity index (χ1) is 16.7. The number of fused-ring (bicyclic) bond motifs is 2. The van der Waals surface area contributed by atoms with Crippen LogP contribution >= 0.6 is 0 Å². The highest BCUT2D eigenvalue weighted by atomic mass is 16.2. The molecule has 7 heteroatoms. The fourth-order valence-electron chi connectivity index (χ4n) is 6.99. The number of carbonyl (C=O) groups excluding carboxylic acids is 2. The van der Waals surface area contributed by atoms with Gasteiger partial charge in [-0.15, -0.1) is 0 Å². The number of piperidine rings is 2. The third-order valence-electron chi connectivity index (χ3n) is 8.82. The quantitative estimate of drug-likeness (QED) is 0.723. The number of hydrogen-bond acceptors (Lipinski definition) is 3. The van der Waals surface area contributed by atoms with Gasteiger partial charge in [0.05, 0.1) is 17.8 Å². The van der Waals surface area contributed by atoms with Crippen molar-refractivity contribution in [1.82, 2.24) is 20.0 Å². The second kappa shape index (κ2) is 9.25. The summed E-state index contributed by atoms with van der Waals surface area (Å²) < 4.78 is 0. The highest BCUT2D eigenvalue weighted by Gasteiger charge is 2.44. The zero-order chi connectivity index (χ0) is 23.1. The molecule has 34 heavy (non-hydrogen) atoms. The van der Waals surface area contributed by atoms with Gasteiger partial charge < -0.3 is 20.0 Å². The molecule has 1 saturated carbocycles. The molecule has 7 nitrogen and oxygen atoms in total. The Bertz CT molecular complexity index is 948. The Morgan fingerprint density at radius 1 is 0.882 bits per heavy atom. The molecule has 4 amide bonds. The average molecular weight is 464 g/mol. The molecule has 1 aromatic carbocycles. The number of rotatable bonds is 2. The molecular weight excluding hydrogens is 426 g/mol. The van der Waals surface area contributed by atoms with Crippen LogP contribution in [0.25, 0.3) is 0 Å². The molecule has 0 unspecified atom stereocenters. The highest BCUT2D eigenvalue weighted by molar-refractivity contribution is 5.95. The first-order valence-corrected chi connectivity index (χ1v) is 13.3. The van der Waals surface area contributed by atoms with Crippen LogP contribution in [-0.4, -0.2) is 77.1 Å². The third-order valence-corrected chi connectivity index (χ3v) is 8.82. The van der Waals surface area contributed by atoms with E-state index in [2.05, 4.69) is 27.3 Å². The van der Waals surface area contributed by atoms with Crippen molar-refractivity contribution in [3.05, 3.63) is 42.1 Å². The summed E-state index contributed by atoms with van der Waals surface area (Å²) in [5, 5.41) is 3.25. The predicted octanol–water partition coefficient (Wildman–Crippen LogP) is 3.95. The van der Waals surface area contributed by atoms with E-state index in [0.717, 1.165) is 76.8 Å². The van der Waals surface area contributed by atoms with Crippen LogP contribution in [0.2, 0.25) is 0 Å². The largest absolute Gasteiger partial charge is 0.333 e. The fourth-order valence-corrected chi connectivity index (χ4v) is 6.99. The van der Waals surface area contributed by atoms with Crippen LogP contribution in [0.15, 0.2) is 36.5 Å². The lowest BCUT2D eigenvalue weighted by atomic mass is 9.89. The molecule has 1 aromatic rings. The molecule has 4 heterocycles. The maximum absolute atomic E-state index is 13.3. The summed E-state index contributed by atoms with van der Waals surface area (Å²) in [6.07, 6.45) is 13.9. The number of para-hydroxylation sites is 1. The van der Waals surface area contributed by atoms with E-state index in [1.54, 1.807) is 0 Å². The number of benzene rings is 1. The summed E-state index contributed by atoms with van der Waals surface area (Å²) >= 11 is 0. The number of urea groups is 2. The smallest absolute Gasteiger partial charge is 0.328 e. The van der Waals surface area contributed by atoms with Gasteiger partial charge in [0.2, 0.25) is 0 Å². The van der Waals surface area contributed by atoms with Crippen LogP contribution in [0.5, 0.6) is 0 Å². The summed E-state index contributed by atoms with van der Waals surface area (Å²) in [7, 11) is 0. The lowest BCUT2D eigenvalue weighted by Crippen LogP contribution is -2.54. The van der Waals surface area contributed by atoms with Gasteiger partial charge in [0.15, 0.2) is 0 Å². The number of anilines is 1. The molecule has 0 radical (unpaired) electrons. The maximum Gasteiger partial charge on any atom is 0.328 e. The molecule has 0 bridgehead atoms. The van der Waals surface area contributed by atoms with Gasteiger partial charge in [-0.3, -0.25) is 4.90 Å². The van der Waals surface area contributed by atoms with E-state index < -0.39 is 0 Å². The molecule has 3 saturated heterocycles. The van der Waals surface area contributed by atoms with Gasteiger partial charge in [0.25, 0.3) is 0 Å². The summed E-state index contributed by atoms with van der Waals surface area (Å²) in [4.78, 5) is 34.6. The first-order valence-electron chi connectivity index (χ1n) is 13.3. The summed E-state index contributed by atoms with van der Waals surface area (Å²) in [6, 6.07) is 10.2. The van der Waals surface area contributed by atoms with Crippen molar-refractivity contribution in [1.29, 1.82) is 0 Å². The van der Waals surface area contributed by atoms with Crippen molar-refractivity contribution >= 4 is 17.7 Å². The molecule has 5 aliphatic rings. The lowest BCUT2D eigenvalue weighted by molar-refractivity contribution is 0.0614. The Morgan fingerprint density at radius 3 is 2.44 bits per heavy atom. The Labute approximate surface area is 202 Å². The number of likely N-dealkylation sites (tertiary alicyclic amines) is 2. The summed E-state index contributed by atoms with van der Waals surface area (Å²) in [5.74, 6) is 0. The monoisotopic (exact) mass is 463 g/mol. The number of nitrogens with one attached hydrogen (secondary N) is 1. The van der Waals surface area contributed by atoms with Crippen molar-refractivity contribution in [3.63, 3.8) is 0 Å². The SMILES string of the molecule is O=C(N1CCC(N2CCC(N3C(=O)N[C@H]4CCCC[C@@H]43)CC2)CC1)N1C=CCc2ccccc21. The molecule has 182 valence electrons. The van der Waals surface area contributed by atoms with Gasteiger partial charge in [-0.1, -0.05) is 37.1 Å². The summed E-state index contributed by atoms with van der Waals surface area (Å²) in [6.45, 7) is 3.75. The fraction of sp³-hybridized carbons (Fsp3) is 0.630. The van der Waals surface area contributed by atoms with Crippen molar-refractivity contribution < 1.29 is 9.59 Å². The Morgan fingerprint density at radius 2 is 1.62 bits per heavy atom. The molecule has 2 atom stereocenters. The number of allylic oxidation sites excluding steroid dienone is 1. The van der Waals surface area contributed by atoms with Gasteiger partial charge in [0.1, 0.15) is 0 Å². The van der Waals surface area contributed by atoms with Crippen molar-refractivity contribution in [2.45, 2.75) is 82.0 Å². The number of hydrogen-bond donors (Lipinski definition) is 1. The molecule has 1 N–H and O–H groups in total. The minimum Gasteiger partial charge on any atom is -0.333 e. The van der Waals surface area contributed by atoms with Crippen LogP contribution in [-0.2, 0) is 6.42 Å². The van der Waals surface area contributed by atoms with E-state index in [-0.39, 0.29) is 12.1 Å². The zero-order valence-electron chi connectivity index (χ0n) is 20.1. The van der Waals surface area contributed by atoms with Crippen molar-refractivity contribution in [2.75, 3.05) is 31.1 Å². The average Bonchev–Trinajstić information content (AvgIpc) is 3.24. The van der Waals surface area contributed by atoms with Crippen molar-refractivity contribution in [2.24, 2.45) is 0 Å². The molecule has 0 aromatic heterocycles. The molecule has 4 aliphatic heterocycles. The van der Waals surface area contributed by atoms with Crippen LogP contribution in [0.4, 0.5) is 15.3 Å². The third kappa shape index (κ3) is 3.98. The van der Waals surface area contributed by atoms with Crippen LogP contribution in [0.3, 0.4) is 0 Å². The van der Waals surface area contributed by atoms with Gasteiger partial charge >= 0.3 is 12.1 Å². The Hall–Kier alpha value is -2.54. The van der Waals surface area contributed by atoms with Crippen LogP contribution in [0.1, 0.15) is 56.9 Å². The van der Waals surface area contributed by atoms with E-state index in [1.165, 1.54) is 18.4 Å². The number of nitrogens with zero attached hydrogens (tertiary/aromatic N) is 4. The van der Waals surface area contributed by atoms with Crippen LogP contribution in [0, 0.1) is 0 Å². The van der Waals surface area contributed by atoms with E-state index in [1.807, 2.05) is 34.2 Å². The molecule has 6 rings (SSSR count). The summed E-state index contributed by atoms with van der Waals surface area (Å²) in [5.41, 5.74) is 2.23. The lowest BCUT2D eigenvalue weighted by Gasteiger charge is -2.45. The van der Waals surface area contributed by atoms with E-state index in [9.17, 15) is 9.59 Å². The Balaban J connectivity index is 1.02. The second-order valence-corrected chi connectivity index (χ2v) is 10.7. The maximum atomic E-state index is 13.3. The topological polar surface area (TPSA) is 59.1 Å². The highest BCUT2D eigenvalue weighted by Crippen LogP contribution is 2.33. The second-order valence-electron chi connectivity index (χ2n) is 10.7.